The number of hydrogen-bond donors (Lipinski definition) is 1. The zero-order chi connectivity index (χ0) is 20.7. The van der Waals surface area contributed by atoms with E-state index in [0.29, 0.717) is 18.0 Å². The highest BCUT2D eigenvalue weighted by atomic mass is 32.2. The summed E-state index contributed by atoms with van der Waals surface area (Å²) in [7, 11) is -0.588. The second-order valence-electron chi connectivity index (χ2n) is 6.49. The molecule has 0 aliphatic carbocycles. The van der Waals surface area contributed by atoms with Gasteiger partial charge in [-0.2, -0.15) is 0 Å². The zero-order valence-electron chi connectivity index (χ0n) is 16.5. The molecule has 2 aromatic rings. The van der Waals surface area contributed by atoms with Gasteiger partial charge in [0.1, 0.15) is 5.75 Å². The molecule has 0 radical (unpaired) electrons. The molecule has 0 aliphatic heterocycles. The summed E-state index contributed by atoms with van der Waals surface area (Å²) in [5, 5.41) is 2.75. The molecule has 152 valence electrons. The van der Waals surface area contributed by atoms with Crippen LogP contribution in [0.3, 0.4) is 0 Å². The van der Waals surface area contributed by atoms with Crippen molar-refractivity contribution in [3.05, 3.63) is 54.1 Å². The molecule has 0 spiro atoms. The van der Waals surface area contributed by atoms with Gasteiger partial charge in [0.25, 0.3) is 15.9 Å². The van der Waals surface area contributed by atoms with E-state index in [1.54, 1.807) is 55.6 Å². The topological polar surface area (TPSA) is 84.9 Å². The first-order valence-electron chi connectivity index (χ1n) is 8.81. The van der Waals surface area contributed by atoms with Crippen LogP contribution in [0.25, 0.3) is 0 Å². The van der Waals surface area contributed by atoms with Crippen LogP contribution in [0.5, 0.6) is 5.75 Å². The molecule has 7 nitrogen and oxygen atoms in total. The predicted molar refractivity (Wildman–Crippen MR) is 108 cm³/mol. The number of benzene rings is 2. The standard InChI is InChI=1S/C20H26N2O5S/c1-15-5-11-19(12-6-15)28(24,25)22(3)17-7-9-18(10-8-17)27-14-20(23)21-16(2)13-26-4/h5-12,16H,13-14H2,1-4H3,(H,21,23)/t16-/m1/s1. The quantitative estimate of drug-likeness (QED) is 0.691. The Morgan fingerprint density at radius 3 is 2.29 bits per heavy atom. The summed E-state index contributed by atoms with van der Waals surface area (Å²) in [4.78, 5) is 12.0. The third-order valence-electron chi connectivity index (χ3n) is 4.07. The second-order valence-corrected chi connectivity index (χ2v) is 8.46. The molecule has 0 fully saturated rings. The largest absolute Gasteiger partial charge is 0.484 e. The number of aryl methyl sites for hydroxylation is 1. The highest BCUT2D eigenvalue weighted by Crippen LogP contribution is 2.24. The Morgan fingerprint density at radius 2 is 1.71 bits per heavy atom. The first-order valence-corrected chi connectivity index (χ1v) is 10.2. The van der Waals surface area contributed by atoms with Crippen molar-refractivity contribution in [1.29, 1.82) is 0 Å². The van der Waals surface area contributed by atoms with Gasteiger partial charge in [0.05, 0.1) is 17.2 Å². The molecule has 8 heteroatoms. The number of hydrogen-bond acceptors (Lipinski definition) is 5. The highest BCUT2D eigenvalue weighted by molar-refractivity contribution is 7.92. The molecule has 2 rings (SSSR count). The smallest absolute Gasteiger partial charge is 0.264 e. The Bertz CT molecular complexity index is 880. The fraction of sp³-hybridized carbons (Fsp3) is 0.350. The van der Waals surface area contributed by atoms with Gasteiger partial charge in [0.2, 0.25) is 0 Å². The molecular formula is C20H26N2O5S. The average molecular weight is 407 g/mol. The molecule has 0 unspecified atom stereocenters. The molecule has 1 N–H and O–H groups in total. The van der Waals surface area contributed by atoms with Gasteiger partial charge in [-0.25, -0.2) is 8.42 Å². The van der Waals surface area contributed by atoms with Crippen molar-refractivity contribution in [2.45, 2.75) is 24.8 Å². The van der Waals surface area contributed by atoms with E-state index >= 15 is 0 Å². The fourth-order valence-electron chi connectivity index (χ4n) is 2.52. The van der Waals surface area contributed by atoms with Crippen molar-refractivity contribution in [2.75, 3.05) is 31.7 Å². The van der Waals surface area contributed by atoms with Crippen molar-refractivity contribution < 1.29 is 22.7 Å². The number of carbonyl (C=O) groups excluding carboxylic acids is 1. The molecule has 0 heterocycles. The number of ether oxygens (including phenoxy) is 2. The van der Waals surface area contributed by atoms with Gasteiger partial charge in [-0.05, 0) is 50.2 Å². The van der Waals surface area contributed by atoms with Gasteiger partial charge in [0.15, 0.2) is 6.61 Å². The van der Waals surface area contributed by atoms with Crippen LogP contribution in [-0.4, -0.2) is 47.7 Å². The van der Waals surface area contributed by atoms with Crippen LogP contribution in [-0.2, 0) is 19.6 Å². The maximum Gasteiger partial charge on any atom is 0.264 e. The van der Waals surface area contributed by atoms with Crippen molar-refractivity contribution >= 4 is 21.6 Å². The molecule has 1 amide bonds. The summed E-state index contributed by atoms with van der Waals surface area (Å²) in [6.07, 6.45) is 0. The van der Waals surface area contributed by atoms with Gasteiger partial charge in [-0.1, -0.05) is 17.7 Å². The second kappa shape index (κ2) is 9.57. The van der Waals surface area contributed by atoms with Crippen LogP contribution in [0.2, 0.25) is 0 Å². The van der Waals surface area contributed by atoms with Crippen LogP contribution < -0.4 is 14.4 Å². The molecule has 0 aliphatic rings. The Balaban J connectivity index is 1.99. The minimum absolute atomic E-state index is 0.107. The minimum Gasteiger partial charge on any atom is -0.484 e. The van der Waals surface area contributed by atoms with Crippen molar-refractivity contribution in [3.63, 3.8) is 0 Å². The van der Waals surface area contributed by atoms with Crippen molar-refractivity contribution in [3.8, 4) is 5.75 Å². The number of sulfonamides is 1. The molecule has 0 saturated heterocycles. The number of anilines is 1. The van der Waals surface area contributed by atoms with Gasteiger partial charge in [-0.3, -0.25) is 9.10 Å². The molecule has 0 bridgehead atoms. The Morgan fingerprint density at radius 1 is 1.11 bits per heavy atom. The summed E-state index contributed by atoms with van der Waals surface area (Å²) in [5.74, 6) is 0.215. The lowest BCUT2D eigenvalue weighted by Gasteiger charge is -2.20. The zero-order valence-corrected chi connectivity index (χ0v) is 17.3. The molecule has 2 aromatic carbocycles. The Kier molecular flexibility index (Phi) is 7.42. The summed E-state index contributed by atoms with van der Waals surface area (Å²) in [6, 6.07) is 13.1. The number of rotatable bonds is 9. The van der Waals surface area contributed by atoms with Gasteiger partial charge < -0.3 is 14.8 Å². The third kappa shape index (κ3) is 5.71. The number of nitrogens with one attached hydrogen (secondary N) is 1. The summed E-state index contributed by atoms with van der Waals surface area (Å²) in [5.41, 5.74) is 1.48. The predicted octanol–water partition coefficient (Wildman–Crippen LogP) is 2.35. The Labute approximate surface area is 166 Å². The number of carbonyl (C=O) groups is 1. The lowest BCUT2D eigenvalue weighted by molar-refractivity contribution is -0.124. The van der Waals surface area contributed by atoms with Crippen LogP contribution >= 0.6 is 0 Å². The SMILES string of the molecule is COC[C@@H](C)NC(=O)COc1ccc(N(C)S(=O)(=O)c2ccc(C)cc2)cc1. The first-order chi connectivity index (χ1) is 13.2. The van der Waals surface area contributed by atoms with Crippen LogP contribution in [0.1, 0.15) is 12.5 Å². The molecule has 0 aromatic heterocycles. The van der Waals surface area contributed by atoms with E-state index in [0.717, 1.165) is 5.56 Å². The maximum absolute atomic E-state index is 12.7. The maximum atomic E-state index is 12.7. The van der Waals surface area contributed by atoms with E-state index in [1.165, 1.54) is 11.4 Å². The summed E-state index contributed by atoms with van der Waals surface area (Å²) in [6.45, 7) is 4.02. The van der Waals surface area contributed by atoms with Crippen LogP contribution in [0.4, 0.5) is 5.69 Å². The van der Waals surface area contributed by atoms with E-state index in [9.17, 15) is 13.2 Å². The third-order valence-corrected chi connectivity index (χ3v) is 5.87. The monoisotopic (exact) mass is 406 g/mol. The van der Waals surface area contributed by atoms with Crippen LogP contribution in [0, 0.1) is 6.92 Å². The molecular weight excluding hydrogens is 380 g/mol. The minimum atomic E-state index is -3.65. The number of amides is 1. The van der Waals surface area contributed by atoms with E-state index < -0.39 is 10.0 Å². The van der Waals surface area contributed by atoms with Gasteiger partial charge in [0, 0.05) is 20.2 Å². The van der Waals surface area contributed by atoms with Crippen LogP contribution in [0.15, 0.2) is 53.4 Å². The normalized spacial score (nSPS) is 12.3. The molecule has 0 saturated carbocycles. The highest BCUT2D eigenvalue weighted by Gasteiger charge is 2.21. The van der Waals surface area contributed by atoms with Crippen molar-refractivity contribution in [1.82, 2.24) is 5.32 Å². The van der Waals surface area contributed by atoms with E-state index in [2.05, 4.69) is 5.32 Å². The Hall–Kier alpha value is -2.58. The van der Waals surface area contributed by atoms with Gasteiger partial charge >= 0.3 is 0 Å². The summed E-state index contributed by atoms with van der Waals surface area (Å²) < 4.78 is 37.1. The number of nitrogens with zero attached hydrogens (tertiary/aromatic N) is 1. The average Bonchev–Trinajstić information content (AvgIpc) is 2.66. The molecule has 28 heavy (non-hydrogen) atoms. The molecule has 1 atom stereocenters. The summed E-state index contributed by atoms with van der Waals surface area (Å²) >= 11 is 0. The lowest BCUT2D eigenvalue weighted by atomic mass is 10.2. The fourth-order valence-corrected chi connectivity index (χ4v) is 3.71. The lowest BCUT2D eigenvalue weighted by Crippen LogP contribution is -2.38. The first kappa shape index (κ1) is 21.7. The van der Waals surface area contributed by atoms with E-state index in [-0.39, 0.29) is 23.5 Å². The van der Waals surface area contributed by atoms with E-state index in [4.69, 9.17) is 9.47 Å². The number of methoxy groups -OCH3 is 1. The van der Waals surface area contributed by atoms with Gasteiger partial charge in [-0.15, -0.1) is 0 Å². The van der Waals surface area contributed by atoms with E-state index in [1.807, 2.05) is 13.8 Å². The van der Waals surface area contributed by atoms with Crippen molar-refractivity contribution in [2.24, 2.45) is 0 Å².